The minimum Gasteiger partial charge on any atom is -0.367 e. The van der Waals surface area contributed by atoms with Gasteiger partial charge in [0.1, 0.15) is 12.2 Å². The van der Waals surface area contributed by atoms with E-state index in [9.17, 15) is 40.7 Å². The molecule has 7 rings (SSSR count). The summed E-state index contributed by atoms with van der Waals surface area (Å²) in [5, 5.41) is 0.483. The molecule has 0 bridgehead atoms. The first-order valence-corrected chi connectivity index (χ1v) is 20.3. The molecule has 0 aromatic heterocycles. The van der Waals surface area contributed by atoms with E-state index in [2.05, 4.69) is 17.0 Å². The van der Waals surface area contributed by atoms with Crippen molar-refractivity contribution in [2.45, 2.75) is 62.1 Å². The van der Waals surface area contributed by atoms with Gasteiger partial charge < -0.3 is 29.1 Å². The monoisotopic (exact) mass is 904 g/mol. The van der Waals surface area contributed by atoms with E-state index in [-0.39, 0.29) is 78.2 Å². The number of piperazine rings is 1. The topological polar surface area (TPSA) is 82.6 Å². The molecule has 9 nitrogen and oxygen atoms in total. The number of carbonyl (C=O) groups is 3. The molecule has 0 saturated carbocycles. The lowest BCUT2D eigenvalue weighted by atomic mass is 9.72. The molecule has 0 unspecified atom stereocenters. The summed E-state index contributed by atoms with van der Waals surface area (Å²) in [6, 6.07) is 14.0. The first kappa shape index (κ1) is 45.9. The van der Waals surface area contributed by atoms with Crippen LogP contribution in [0.5, 0.6) is 0 Å². The third kappa shape index (κ3) is 9.56. The van der Waals surface area contributed by atoms with Crippen molar-refractivity contribution in [3.8, 4) is 0 Å². The van der Waals surface area contributed by atoms with Gasteiger partial charge in [-0.3, -0.25) is 14.4 Å². The molecule has 3 aromatic rings. The van der Waals surface area contributed by atoms with Crippen molar-refractivity contribution in [1.29, 1.82) is 0 Å². The Labute approximate surface area is 360 Å². The number of amides is 3. The lowest BCUT2D eigenvalue weighted by molar-refractivity contribution is -0.145. The van der Waals surface area contributed by atoms with Crippen LogP contribution in [-0.4, -0.2) is 116 Å². The largest absolute Gasteiger partial charge is 0.416 e. The predicted molar refractivity (Wildman–Crippen MR) is 214 cm³/mol. The van der Waals surface area contributed by atoms with Gasteiger partial charge in [0.15, 0.2) is 0 Å². The minimum absolute atomic E-state index is 0. The summed E-state index contributed by atoms with van der Waals surface area (Å²) in [5.41, 5.74) is -2.51. The van der Waals surface area contributed by atoms with Crippen LogP contribution in [0.2, 0.25) is 10.0 Å². The van der Waals surface area contributed by atoms with E-state index in [0.717, 1.165) is 12.8 Å². The van der Waals surface area contributed by atoms with Crippen molar-refractivity contribution < 1.29 is 50.2 Å². The number of fused-ring (bicyclic) bond motifs is 2. The highest BCUT2D eigenvalue weighted by Gasteiger charge is 2.50. The van der Waals surface area contributed by atoms with E-state index in [0.29, 0.717) is 76.4 Å². The van der Waals surface area contributed by atoms with Crippen molar-refractivity contribution in [2.75, 3.05) is 72.1 Å². The van der Waals surface area contributed by atoms with Gasteiger partial charge in [-0.15, -0.1) is 12.4 Å². The summed E-state index contributed by atoms with van der Waals surface area (Å²) in [6.07, 6.45) is -8.05. The SMILES string of the molecule is CC(=O)N1CCN(C(=O)CO[C@H]2Cc3ccccc3C23CCN(CC[C@@]2(c4ccc(Cl)c(Cl)c4)CN(C(=O)c4cc(C(F)(F)F)cc(C(F)(F)F)c4)CCO2)CC3)CC1.Cl. The summed E-state index contributed by atoms with van der Waals surface area (Å²) in [4.78, 5) is 45.8. The van der Waals surface area contributed by atoms with Gasteiger partial charge in [-0.2, -0.15) is 26.3 Å². The Kier molecular flexibility index (Phi) is 13.8. The quantitative estimate of drug-likeness (QED) is 0.214. The molecular formula is C42H45Cl3F6N4O5. The Hall–Kier alpha value is -3.60. The number of likely N-dealkylation sites (tertiary alicyclic amines) is 1. The van der Waals surface area contributed by atoms with E-state index >= 15 is 0 Å². The molecular weight excluding hydrogens is 861 g/mol. The molecule has 4 aliphatic rings. The maximum Gasteiger partial charge on any atom is 0.416 e. The summed E-state index contributed by atoms with van der Waals surface area (Å²) < 4.78 is 95.3. The number of halogens is 9. The zero-order valence-electron chi connectivity index (χ0n) is 32.7. The Morgan fingerprint density at radius 1 is 0.800 bits per heavy atom. The molecule has 3 aliphatic heterocycles. The number of benzene rings is 3. The highest BCUT2D eigenvalue weighted by molar-refractivity contribution is 6.42. The van der Waals surface area contributed by atoms with E-state index in [4.69, 9.17) is 32.7 Å². The van der Waals surface area contributed by atoms with Crippen molar-refractivity contribution in [3.63, 3.8) is 0 Å². The molecule has 3 amide bonds. The highest BCUT2D eigenvalue weighted by atomic mass is 35.5. The average Bonchev–Trinajstić information content (AvgIpc) is 3.51. The maximum absolute atomic E-state index is 13.8. The van der Waals surface area contributed by atoms with Gasteiger partial charge >= 0.3 is 12.4 Å². The van der Waals surface area contributed by atoms with E-state index in [1.807, 2.05) is 12.1 Å². The summed E-state index contributed by atoms with van der Waals surface area (Å²) in [6.45, 7) is 4.83. The lowest BCUT2D eigenvalue weighted by Gasteiger charge is -2.46. The number of morpholine rings is 1. The van der Waals surface area contributed by atoms with Gasteiger partial charge in [0.05, 0.1) is 40.4 Å². The second-order valence-corrected chi connectivity index (χ2v) is 16.6. The second kappa shape index (κ2) is 18.0. The fraction of sp³-hybridized carbons (Fsp3) is 0.500. The molecule has 2 atom stereocenters. The van der Waals surface area contributed by atoms with Gasteiger partial charge in [0.25, 0.3) is 5.91 Å². The normalized spacial score (nSPS) is 22.1. The Bertz CT molecular complexity index is 2040. The molecule has 1 spiro atoms. The van der Waals surface area contributed by atoms with Gasteiger partial charge in [0.2, 0.25) is 11.8 Å². The zero-order chi connectivity index (χ0) is 42.3. The van der Waals surface area contributed by atoms with E-state index in [1.54, 1.807) is 28.0 Å². The zero-order valence-corrected chi connectivity index (χ0v) is 35.0. The Balaban J connectivity index is 0.00000604. The molecule has 3 heterocycles. The fourth-order valence-corrected chi connectivity index (χ4v) is 9.38. The van der Waals surface area contributed by atoms with Crippen LogP contribution in [-0.2, 0) is 48.9 Å². The fourth-order valence-electron chi connectivity index (χ4n) is 9.08. The van der Waals surface area contributed by atoms with Crippen LogP contribution in [0.1, 0.15) is 64.4 Å². The number of rotatable bonds is 8. The van der Waals surface area contributed by atoms with Crippen molar-refractivity contribution >= 4 is 53.3 Å². The number of carbonyl (C=O) groups excluding carboxylic acids is 3. The Morgan fingerprint density at radius 2 is 1.43 bits per heavy atom. The summed E-state index contributed by atoms with van der Waals surface area (Å²) >= 11 is 12.7. The van der Waals surface area contributed by atoms with Crippen LogP contribution in [0.3, 0.4) is 0 Å². The van der Waals surface area contributed by atoms with Crippen molar-refractivity contribution in [1.82, 2.24) is 19.6 Å². The van der Waals surface area contributed by atoms with Gasteiger partial charge in [-0.05, 0) is 85.8 Å². The first-order valence-electron chi connectivity index (χ1n) is 19.5. The lowest BCUT2D eigenvalue weighted by Crippen LogP contribution is -2.54. The standard InChI is InChI=1S/C42H44Cl2F6N4O5.ClH/c1-27(55)52-14-16-53(17-15-52)37(56)25-58-36-22-28-4-2-3-5-33(28)39(36)8-11-51(12-9-39)13-10-40(30-6-7-34(43)35(44)24-30)26-54(18-19-59-40)38(57)29-20-31(41(45,46)47)23-32(21-29)42(48,49)50;/h2-7,20-21,23-24,36H,8-19,22,25-26H2,1H3;1H/t36-,40-;/m0./s1. The summed E-state index contributed by atoms with van der Waals surface area (Å²) in [7, 11) is 0. The number of alkyl halides is 6. The first-order chi connectivity index (χ1) is 27.9. The van der Waals surface area contributed by atoms with Crippen LogP contribution in [0.4, 0.5) is 26.3 Å². The second-order valence-electron chi connectivity index (χ2n) is 15.8. The number of ether oxygens (including phenoxy) is 2. The minimum atomic E-state index is -5.11. The highest BCUT2D eigenvalue weighted by Crippen LogP contribution is 2.48. The van der Waals surface area contributed by atoms with Crippen LogP contribution >= 0.6 is 35.6 Å². The number of piperidine rings is 1. The van der Waals surface area contributed by atoms with Crippen LogP contribution in [0.15, 0.2) is 60.7 Å². The van der Waals surface area contributed by atoms with Crippen LogP contribution < -0.4 is 0 Å². The molecule has 18 heteroatoms. The molecule has 3 fully saturated rings. The molecule has 3 aromatic carbocycles. The average molecular weight is 906 g/mol. The molecule has 1 aliphatic carbocycles. The number of hydrogen-bond donors (Lipinski definition) is 0. The van der Waals surface area contributed by atoms with Crippen LogP contribution in [0, 0.1) is 0 Å². The van der Waals surface area contributed by atoms with E-state index < -0.39 is 40.6 Å². The third-order valence-electron chi connectivity index (χ3n) is 12.4. The number of hydrogen-bond acceptors (Lipinski definition) is 6. The molecule has 0 N–H and O–H groups in total. The third-order valence-corrected chi connectivity index (χ3v) is 13.1. The maximum atomic E-state index is 13.8. The smallest absolute Gasteiger partial charge is 0.367 e. The predicted octanol–water partition coefficient (Wildman–Crippen LogP) is 7.88. The van der Waals surface area contributed by atoms with E-state index in [1.165, 1.54) is 23.0 Å². The van der Waals surface area contributed by atoms with Crippen molar-refractivity contribution in [2.24, 2.45) is 0 Å². The summed E-state index contributed by atoms with van der Waals surface area (Å²) in [5.74, 6) is -1.12. The molecule has 3 saturated heterocycles. The van der Waals surface area contributed by atoms with Gasteiger partial charge in [-0.1, -0.05) is 53.5 Å². The van der Waals surface area contributed by atoms with Gasteiger partial charge in [0, 0.05) is 57.2 Å². The molecule has 326 valence electrons. The molecule has 60 heavy (non-hydrogen) atoms. The number of nitrogens with zero attached hydrogens (tertiary/aromatic N) is 4. The molecule has 0 radical (unpaired) electrons. The Morgan fingerprint density at radius 3 is 2.05 bits per heavy atom. The van der Waals surface area contributed by atoms with Crippen LogP contribution in [0.25, 0.3) is 0 Å². The van der Waals surface area contributed by atoms with Gasteiger partial charge in [-0.25, -0.2) is 0 Å². The van der Waals surface area contributed by atoms with Crippen molar-refractivity contribution in [3.05, 3.63) is 104 Å².